The standard InChI is InChI=1S/C15H16ClNO2/c16-14-7-1-2-8-15(14)19-10-4-9-18-13-6-3-5-12(17)11-13/h1-3,5-8,11H,4,9-10,17H2. The molecule has 0 heterocycles. The van der Waals surface area contributed by atoms with Gasteiger partial charge in [-0.05, 0) is 24.3 Å². The van der Waals surface area contributed by atoms with Gasteiger partial charge in [0.2, 0.25) is 0 Å². The summed E-state index contributed by atoms with van der Waals surface area (Å²) in [6.45, 7) is 1.14. The molecule has 0 fully saturated rings. The van der Waals surface area contributed by atoms with Crippen LogP contribution in [0.3, 0.4) is 0 Å². The van der Waals surface area contributed by atoms with E-state index >= 15 is 0 Å². The van der Waals surface area contributed by atoms with Crippen molar-refractivity contribution in [3.8, 4) is 11.5 Å². The molecule has 0 unspecified atom stereocenters. The molecule has 0 aliphatic heterocycles. The van der Waals surface area contributed by atoms with Crippen LogP contribution in [-0.4, -0.2) is 13.2 Å². The molecule has 2 aromatic carbocycles. The maximum Gasteiger partial charge on any atom is 0.137 e. The van der Waals surface area contributed by atoms with Gasteiger partial charge in [-0.25, -0.2) is 0 Å². The molecule has 2 aromatic rings. The number of nitrogens with two attached hydrogens (primary N) is 1. The number of hydrogen-bond acceptors (Lipinski definition) is 3. The van der Waals surface area contributed by atoms with Crippen molar-refractivity contribution >= 4 is 17.3 Å². The van der Waals surface area contributed by atoms with Crippen LogP contribution < -0.4 is 15.2 Å². The van der Waals surface area contributed by atoms with Crippen molar-refractivity contribution in [1.82, 2.24) is 0 Å². The first-order chi connectivity index (χ1) is 9.25. The largest absolute Gasteiger partial charge is 0.493 e. The number of nitrogen functional groups attached to an aromatic ring is 1. The third-order valence-corrected chi connectivity index (χ3v) is 2.82. The number of rotatable bonds is 6. The second kappa shape index (κ2) is 6.90. The number of benzene rings is 2. The Hall–Kier alpha value is -1.87. The second-order valence-electron chi connectivity index (χ2n) is 4.05. The van der Waals surface area contributed by atoms with Gasteiger partial charge in [-0.2, -0.15) is 0 Å². The van der Waals surface area contributed by atoms with Crippen LogP contribution in [0.1, 0.15) is 6.42 Å². The molecule has 0 aromatic heterocycles. The van der Waals surface area contributed by atoms with E-state index in [1.54, 1.807) is 12.1 Å². The van der Waals surface area contributed by atoms with Gasteiger partial charge in [-0.1, -0.05) is 29.8 Å². The SMILES string of the molecule is Nc1cccc(OCCCOc2ccccc2Cl)c1. The van der Waals surface area contributed by atoms with Gasteiger partial charge in [0.25, 0.3) is 0 Å². The van der Waals surface area contributed by atoms with Gasteiger partial charge >= 0.3 is 0 Å². The van der Waals surface area contributed by atoms with E-state index in [4.69, 9.17) is 26.8 Å². The first-order valence-electron chi connectivity index (χ1n) is 6.11. The summed E-state index contributed by atoms with van der Waals surface area (Å²) in [5, 5.41) is 0.624. The Bertz CT molecular complexity index is 531. The van der Waals surface area contributed by atoms with Gasteiger partial charge in [0.15, 0.2) is 0 Å². The molecule has 0 saturated heterocycles. The van der Waals surface area contributed by atoms with Gasteiger partial charge < -0.3 is 15.2 Å². The normalized spacial score (nSPS) is 10.2. The van der Waals surface area contributed by atoms with Crippen molar-refractivity contribution in [1.29, 1.82) is 0 Å². The predicted octanol–water partition coefficient (Wildman–Crippen LogP) is 3.77. The molecule has 19 heavy (non-hydrogen) atoms. The second-order valence-corrected chi connectivity index (χ2v) is 4.46. The highest BCUT2D eigenvalue weighted by atomic mass is 35.5. The van der Waals surface area contributed by atoms with Crippen LogP contribution in [0.25, 0.3) is 0 Å². The molecule has 0 aliphatic carbocycles. The molecule has 4 heteroatoms. The van der Waals surface area contributed by atoms with E-state index in [1.807, 2.05) is 36.4 Å². The van der Waals surface area contributed by atoms with Crippen molar-refractivity contribution in [3.63, 3.8) is 0 Å². The molecule has 0 bridgehead atoms. The van der Waals surface area contributed by atoms with E-state index in [1.165, 1.54) is 0 Å². The van der Waals surface area contributed by atoms with Crippen LogP contribution in [0.5, 0.6) is 11.5 Å². The fourth-order valence-electron chi connectivity index (χ4n) is 1.60. The van der Waals surface area contributed by atoms with E-state index in [0.29, 0.717) is 29.7 Å². The number of para-hydroxylation sites is 1. The summed E-state index contributed by atoms with van der Waals surface area (Å²) in [5.74, 6) is 1.48. The Balaban J connectivity index is 1.69. The lowest BCUT2D eigenvalue weighted by Crippen LogP contribution is -2.05. The highest BCUT2D eigenvalue weighted by molar-refractivity contribution is 6.32. The molecule has 3 nitrogen and oxygen atoms in total. The minimum Gasteiger partial charge on any atom is -0.493 e. The van der Waals surface area contributed by atoms with Gasteiger partial charge in [0.1, 0.15) is 11.5 Å². The predicted molar refractivity (Wildman–Crippen MR) is 77.9 cm³/mol. The molecular formula is C15H16ClNO2. The molecule has 0 aliphatic rings. The Morgan fingerprint density at radius 1 is 0.947 bits per heavy atom. The highest BCUT2D eigenvalue weighted by Crippen LogP contribution is 2.23. The lowest BCUT2D eigenvalue weighted by atomic mass is 10.3. The molecular weight excluding hydrogens is 262 g/mol. The molecule has 2 N–H and O–H groups in total. The Morgan fingerprint density at radius 3 is 2.53 bits per heavy atom. The Kier molecular flexibility index (Phi) is 4.93. The summed E-state index contributed by atoms with van der Waals surface area (Å²) in [4.78, 5) is 0. The topological polar surface area (TPSA) is 44.5 Å². The van der Waals surface area contributed by atoms with Crippen LogP contribution in [-0.2, 0) is 0 Å². The van der Waals surface area contributed by atoms with E-state index in [-0.39, 0.29) is 0 Å². The van der Waals surface area contributed by atoms with Crippen LogP contribution in [0.2, 0.25) is 5.02 Å². The number of hydrogen-bond donors (Lipinski definition) is 1. The zero-order chi connectivity index (χ0) is 13.5. The lowest BCUT2D eigenvalue weighted by Gasteiger charge is -2.09. The average Bonchev–Trinajstić information content (AvgIpc) is 2.40. The maximum absolute atomic E-state index is 5.98. The average molecular weight is 278 g/mol. The van der Waals surface area contributed by atoms with Crippen molar-refractivity contribution < 1.29 is 9.47 Å². The number of anilines is 1. The summed E-state index contributed by atoms with van der Waals surface area (Å²) < 4.78 is 11.1. The zero-order valence-electron chi connectivity index (χ0n) is 10.5. The Morgan fingerprint density at radius 2 is 1.74 bits per heavy atom. The first-order valence-corrected chi connectivity index (χ1v) is 6.49. The van der Waals surface area contributed by atoms with E-state index < -0.39 is 0 Å². The minimum atomic E-state index is 0.562. The summed E-state index contributed by atoms with van der Waals surface area (Å²) in [5.41, 5.74) is 6.36. The van der Waals surface area contributed by atoms with Gasteiger partial charge in [0, 0.05) is 18.2 Å². The monoisotopic (exact) mass is 277 g/mol. The van der Waals surface area contributed by atoms with Crippen LogP contribution in [0.15, 0.2) is 48.5 Å². The Labute approximate surface area is 117 Å². The molecule has 0 radical (unpaired) electrons. The smallest absolute Gasteiger partial charge is 0.137 e. The summed E-state index contributed by atoms with van der Waals surface area (Å²) in [6, 6.07) is 14.8. The molecule has 2 rings (SSSR count). The van der Waals surface area contributed by atoms with Crippen LogP contribution in [0.4, 0.5) is 5.69 Å². The fraction of sp³-hybridized carbons (Fsp3) is 0.200. The van der Waals surface area contributed by atoms with Crippen molar-refractivity contribution in [2.75, 3.05) is 18.9 Å². The first kappa shape index (κ1) is 13.6. The zero-order valence-corrected chi connectivity index (χ0v) is 11.3. The highest BCUT2D eigenvalue weighted by Gasteiger charge is 1.99. The molecule has 0 atom stereocenters. The van der Waals surface area contributed by atoms with Crippen LogP contribution >= 0.6 is 11.6 Å². The quantitative estimate of drug-likeness (QED) is 0.646. The fourth-order valence-corrected chi connectivity index (χ4v) is 1.79. The van der Waals surface area contributed by atoms with Gasteiger partial charge in [-0.15, -0.1) is 0 Å². The van der Waals surface area contributed by atoms with E-state index in [2.05, 4.69) is 0 Å². The molecule has 100 valence electrons. The van der Waals surface area contributed by atoms with Gasteiger partial charge in [-0.3, -0.25) is 0 Å². The number of ether oxygens (including phenoxy) is 2. The summed E-state index contributed by atoms with van der Waals surface area (Å²) in [6.07, 6.45) is 0.778. The summed E-state index contributed by atoms with van der Waals surface area (Å²) in [7, 11) is 0. The van der Waals surface area contributed by atoms with Crippen molar-refractivity contribution in [3.05, 3.63) is 53.6 Å². The summed E-state index contributed by atoms with van der Waals surface area (Å²) >= 11 is 5.98. The minimum absolute atomic E-state index is 0.562. The third-order valence-electron chi connectivity index (χ3n) is 2.51. The molecule has 0 amide bonds. The lowest BCUT2D eigenvalue weighted by molar-refractivity contribution is 0.247. The van der Waals surface area contributed by atoms with Gasteiger partial charge in [0.05, 0.1) is 18.2 Å². The van der Waals surface area contributed by atoms with E-state index in [9.17, 15) is 0 Å². The third kappa shape index (κ3) is 4.38. The number of halogens is 1. The van der Waals surface area contributed by atoms with Crippen LogP contribution in [0, 0.1) is 0 Å². The maximum atomic E-state index is 5.98. The van der Waals surface area contributed by atoms with E-state index in [0.717, 1.165) is 12.2 Å². The molecule has 0 saturated carbocycles. The van der Waals surface area contributed by atoms with Crippen molar-refractivity contribution in [2.24, 2.45) is 0 Å². The van der Waals surface area contributed by atoms with Crippen molar-refractivity contribution in [2.45, 2.75) is 6.42 Å². The molecule has 0 spiro atoms.